The zero-order valence-corrected chi connectivity index (χ0v) is 13.8. The minimum absolute atomic E-state index is 0.0792. The van der Waals surface area contributed by atoms with Crippen molar-refractivity contribution < 1.29 is 19.4 Å². The molecule has 2 rings (SSSR count). The van der Waals surface area contributed by atoms with Gasteiger partial charge in [-0.1, -0.05) is 20.8 Å². The molecule has 2 saturated heterocycles. The maximum Gasteiger partial charge on any atom is 0.317 e. The molecule has 0 saturated carbocycles. The molecule has 0 aromatic carbocycles. The summed E-state index contributed by atoms with van der Waals surface area (Å²) in [6.07, 6.45) is -0.963. The summed E-state index contributed by atoms with van der Waals surface area (Å²) in [6, 6.07) is -0.199. The number of nitrogens with one attached hydrogen (secondary N) is 2. The lowest BCUT2D eigenvalue weighted by molar-refractivity contribution is 0.0358. The number of aliphatic hydroxyl groups excluding tert-OH is 1. The number of ether oxygens (including phenoxy) is 2. The summed E-state index contributed by atoms with van der Waals surface area (Å²) in [7, 11) is 0. The van der Waals surface area contributed by atoms with Gasteiger partial charge in [0.15, 0.2) is 0 Å². The van der Waals surface area contributed by atoms with Crippen LogP contribution < -0.4 is 10.6 Å². The minimum Gasteiger partial charge on any atom is -0.389 e. The first-order chi connectivity index (χ1) is 10.4. The van der Waals surface area contributed by atoms with E-state index in [2.05, 4.69) is 31.4 Å². The van der Waals surface area contributed by atoms with Crippen molar-refractivity contribution in [1.29, 1.82) is 0 Å². The molecule has 3 atom stereocenters. The lowest BCUT2D eigenvalue weighted by Gasteiger charge is -2.28. The fraction of sp³-hybridized carbons (Fsp3) is 0.933. The second kappa shape index (κ2) is 7.59. The van der Waals surface area contributed by atoms with E-state index in [1.165, 1.54) is 0 Å². The quantitative estimate of drug-likeness (QED) is 0.669. The molecule has 3 unspecified atom stereocenters. The summed E-state index contributed by atoms with van der Waals surface area (Å²) in [4.78, 5) is 13.7. The van der Waals surface area contributed by atoms with E-state index in [9.17, 15) is 9.90 Å². The molecule has 0 aliphatic carbocycles. The van der Waals surface area contributed by atoms with E-state index in [0.717, 1.165) is 6.54 Å². The van der Waals surface area contributed by atoms with Crippen LogP contribution in [0.3, 0.4) is 0 Å². The SMILES string of the molecule is CC(C)(C)CNC1COC(CNC(=O)N2CCOCC2)C1O. The molecule has 3 N–H and O–H groups in total. The molecule has 0 aromatic heterocycles. The number of amides is 2. The number of hydrogen-bond donors (Lipinski definition) is 3. The third kappa shape index (κ3) is 5.08. The van der Waals surface area contributed by atoms with Crippen molar-refractivity contribution in [1.82, 2.24) is 15.5 Å². The summed E-state index contributed by atoms with van der Waals surface area (Å²) < 4.78 is 10.8. The molecule has 0 bridgehead atoms. The van der Waals surface area contributed by atoms with Gasteiger partial charge in [0.2, 0.25) is 0 Å². The first kappa shape index (κ1) is 17.5. The van der Waals surface area contributed by atoms with Crippen molar-refractivity contribution in [2.75, 3.05) is 46.0 Å². The fourth-order valence-electron chi connectivity index (χ4n) is 2.55. The third-order valence-electron chi connectivity index (χ3n) is 3.93. The number of morpholine rings is 1. The Kier molecular flexibility index (Phi) is 6.02. The second-order valence-electron chi connectivity index (χ2n) is 7.20. The highest BCUT2D eigenvalue weighted by molar-refractivity contribution is 5.74. The fourth-order valence-corrected chi connectivity index (χ4v) is 2.55. The number of nitrogens with zero attached hydrogens (tertiary/aromatic N) is 1. The van der Waals surface area contributed by atoms with Crippen molar-refractivity contribution in [2.45, 2.75) is 39.0 Å². The second-order valence-corrected chi connectivity index (χ2v) is 7.20. The summed E-state index contributed by atoms with van der Waals surface area (Å²) >= 11 is 0. The monoisotopic (exact) mass is 315 g/mol. The highest BCUT2D eigenvalue weighted by Crippen LogP contribution is 2.17. The number of rotatable bonds is 4. The minimum atomic E-state index is -0.604. The smallest absolute Gasteiger partial charge is 0.317 e. The molecule has 2 aliphatic rings. The standard InChI is InChI=1S/C15H29N3O4/c1-15(2,3)10-17-11-9-22-12(13(11)19)8-16-14(20)18-4-6-21-7-5-18/h11-13,17,19H,4-10H2,1-3H3,(H,16,20). The molecule has 2 aliphatic heterocycles. The highest BCUT2D eigenvalue weighted by atomic mass is 16.5. The molecule has 2 amide bonds. The molecule has 0 aromatic rings. The third-order valence-corrected chi connectivity index (χ3v) is 3.93. The van der Waals surface area contributed by atoms with Gasteiger partial charge in [0.1, 0.15) is 6.10 Å². The Hall–Kier alpha value is -0.890. The van der Waals surface area contributed by atoms with Gasteiger partial charge in [-0.25, -0.2) is 4.79 Å². The summed E-state index contributed by atoms with van der Waals surface area (Å²) in [5.41, 5.74) is 0.155. The summed E-state index contributed by atoms with van der Waals surface area (Å²) in [5, 5.41) is 16.5. The van der Waals surface area contributed by atoms with E-state index in [1.54, 1.807) is 4.90 Å². The van der Waals surface area contributed by atoms with Crippen molar-refractivity contribution in [3.8, 4) is 0 Å². The van der Waals surface area contributed by atoms with E-state index >= 15 is 0 Å². The van der Waals surface area contributed by atoms with Gasteiger partial charge in [-0.15, -0.1) is 0 Å². The topological polar surface area (TPSA) is 83.1 Å². The number of urea groups is 1. The van der Waals surface area contributed by atoms with E-state index in [0.29, 0.717) is 39.5 Å². The molecule has 7 nitrogen and oxygen atoms in total. The molecule has 0 spiro atoms. The van der Waals surface area contributed by atoms with Gasteiger partial charge in [-0.3, -0.25) is 0 Å². The Balaban J connectivity index is 1.71. The molecule has 128 valence electrons. The van der Waals surface area contributed by atoms with Crippen LogP contribution in [0, 0.1) is 5.41 Å². The molecular formula is C15H29N3O4. The molecule has 22 heavy (non-hydrogen) atoms. The summed E-state index contributed by atoms with van der Waals surface area (Å²) in [6.45, 7) is 10.4. The van der Waals surface area contributed by atoms with Crippen LogP contribution in [-0.4, -0.2) is 80.3 Å². The maximum atomic E-state index is 12.0. The van der Waals surface area contributed by atoms with Gasteiger partial charge in [-0.05, 0) is 5.41 Å². The van der Waals surface area contributed by atoms with Crippen molar-refractivity contribution >= 4 is 6.03 Å². The number of carbonyl (C=O) groups excluding carboxylic acids is 1. The highest BCUT2D eigenvalue weighted by Gasteiger charge is 2.36. The molecule has 2 fully saturated rings. The Morgan fingerprint density at radius 3 is 2.64 bits per heavy atom. The van der Waals surface area contributed by atoms with E-state index in [4.69, 9.17) is 9.47 Å². The predicted octanol–water partition coefficient (Wildman–Crippen LogP) is -0.208. The van der Waals surface area contributed by atoms with Crippen molar-refractivity contribution in [2.24, 2.45) is 5.41 Å². The number of aliphatic hydroxyl groups is 1. The van der Waals surface area contributed by atoms with Gasteiger partial charge in [-0.2, -0.15) is 0 Å². The van der Waals surface area contributed by atoms with E-state index < -0.39 is 6.10 Å². The van der Waals surface area contributed by atoms with E-state index in [1.807, 2.05) is 0 Å². The van der Waals surface area contributed by atoms with Gasteiger partial charge < -0.3 is 30.1 Å². The summed E-state index contributed by atoms with van der Waals surface area (Å²) in [5.74, 6) is 0. The average molecular weight is 315 g/mol. The average Bonchev–Trinajstić information content (AvgIpc) is 2.83. The molecule has 0 radical (unpaired) electrons. The molecular weight excluding hydrogens is 286 g/mol. The van der Waals surface area contributed by atoms with Crippen LogP contribution in [0.5, 0.6) is 0 Å². The molecule has 7 heteroatoms. The van der Waals surface area contributed by atoms with Gasteiger partial charge >= 0.3 is 6.03 Å². The number of carbonyl (C=O) groups is 1. The zero-order valence-electron chi connectivity index (χ0n) is 13.8. The largest absolute Gasteiger partial charge is 0.389 e. The molecule has 2 heterocycles. The van der Waals surface area contributed by atoms with Crippen molar-refractivity contribution in [3.05, 3.63) is 0 Å². The van der Waals surface area contributed by atoms with Crippen LogP contribution >= 0.6 is 0 Å². The van der Waals surface area contributed by atoms with Crippen LogP contribution in [-0.2, 0) is 9.47 Å². The first-order valence-corrected chi connectivity index (χ1v) is 8.00. The van der Waals surface area contributed by atoms with Crippen LogP contribution in [0.25, 0.3) is 0 Å². The zero-order chi connectivity index (χ0) is 16.2. The lowest BCUT2D eigenvalue weighted by atomic mass is 9.96. The van der Waals surface area contributed by atoms with Gasteiger partial charge in [0.05, 0.1) is 32.0 Å². The normalized spacial score (nSPS) is 29.6. The van der Waals surface area contributed by atoms with Crippen LogP contribution in [0.1, 0.15) is 20.8 Å². The van der Waals surface area contributed by atoms with E-state index in [-0.39, 0.29) is 23.6 Å². The maximum absolute atomic E-state index is 12.0. The predicted molar refractivity (Wildman–Crippen MR) is 82.8 cm³/mol. The first-order valence-electron chi connectivity index (χ1n) is 8.00. The van der Waals surface area contributed by atoms with Crippen LogP contribution in [0.2, 0.25) is 0 Å². The Bertz CT molecular complexity index is 366. The number of hydrogen-bond acceptors (Lipinski definition) is 5. The Labute approximate surface area is 132 Å². The Morgan fingerprint density at radius 2 is 2.00 bits per heavy atom. The lowest BCUT2D eigenvalue weighted by Crippen LogP contribution is -2.50. The van der Waals surface area contributed by atoms with Gasteiger partial charge in [0.25, 0.3) is 0 Å². The van der Waals surface area contributed by atoms with Crippen LogP contribution in [0.15, 0.2) is 0 Å². The van der Waals surface area contributed by atoms with Gasteiger partial charge in [0, 0.05) is 26.2 Å². The van der Waals surface area contributed by atoms with Crippen LogP contribution in [0.4, 0.5) is 4.79 Å². The Morgan fingerprint density at radius 1 is 1.32 bits per heavy atom. The van der Waals surface area contributed by atoms with Crippen molar-refractivity contribution in [3.63, 3.8) is 0 Å².